The summed E-state index contributed by atoms with van der Waals surface area (Å²) in [6, 6.07) is 7.44. The van der Waals surface area contributed by atoms with E-state index in [0.29, 0.717) is 6.04 Å². The Morgan fingerprint density at radius 1 is 1.26 bits per heavy atom. The predicted molar refractivity (Wildman–Crippen MR) is 82.2 cm³/mol. The third-order valence-electron chi connectivity index (χ3n) is 4.22. The molecular formula is C17H28N2. The number of fused-ring (bicyclic) bond motifs is 1. The van der Waals surface area contributed by atoms with E-state index in [1.54, 1.807) is 5.56 Å². The number of hydrogen-bond acceptors (Lipinski definition) is 2. The van der Waals surface area contributed by atoms with Crippen LogP contribution >= 0.6 is 0 Å². The zero-order chi connectivity index (χ0) is 13.8. The van der Waals surface area contributed by atoms with Crippen molar-refractivity contribution in [3.63, 3.8) is 0 Å². The third-order valence-corrected chi connectivity index (χ3v) is 4.22. The standard InChI is InChI=1S/C17H28N2/c1-13(2)10-14(3)19(4)12-16-7-5-6-15-11-18-9-8-17(15)16/h5-7,13-14,18H,8-12H2,1-4H3. The van der Waals surface area contributed by atoms with E-state index in [4.69, 9.17) is 0 Å². The largest absolute Gasteiger partial charge is 0.312 e. The van der Waals surface area contributed by atoms with Crippen LogP contribution in [0.1, 0.15) is 43.9 Å². The Balaban J connectivity index is 2.06. The summed E-state index contributed by atoms with van der Waals surface area (Å²) < 4.78 is 0. The summed E-state index contributed by atoms with van der Waals surface area (Å²) in [5, 5.41) is 3.46. The molecule has 0 bridgehead atoms. The molecule has 1 unspecified atom stereocenters. The lowest BCUT2D eigenvalue weighted by Gasteiger charge is -2.28. The molecule has 2 heteroatoms. The fraction of sp³-hybridized carbons (Fsp3) is 0.647. The van der Waals surface area contributed by atoms with Crippen LogP contribution in [0.5, 0.6) is 0 Å². The Bertz CT molecular complexity index is 412. The smallest absolute Gasteiger partial charge is 0.0236 e. The molecule has 1 aromatic carbocycles. The number of hydrogen-bond donors (Lipinski definition) is 1. The highest BCUT2D eigenvalue weighted by molar-refractivity contribution is 5.37. The normalized spacial score (nSPS) is 16.7. The molecule has 1 aliphatic rings. The van der Waals surface area contributed by atoms with Crippen molar-refractivity contribution in [2.24, 2.45) is 5.92 Å². The van der Waals surface area contributed by atoms with E-state index in [1.807, 2.05) is 0 Å². The summed E-state index contributed by atoms with van der Waals surface area (Å²) in [4.78, 5) is 2.50. The van der Waals surface area contributed by atoms with Gasteiger partial charge in [0, 0.05) is 19.1 Å². The molecule has 1 aromatic rings. The van der Waals surface area contributed by atoms with E-state index in [2.05, 4.69) is 56.2 Å². The van der Waals surface area contributed by atoms with Crippen molar-refractivity contribution in [3.05, 3.63) is 34.9 Å². The van der Waals surface area contributed by atoms with Gasteiger partial charge in [-0.15, -0.1) is 0 Å². The molecule has 1 atom stereocenters. The van der Waals surface area contributed by atoms with Crippen LogP contribution in [0.2, 0.25) is 0 Å². The minimum atomic E-state index is 0.651. The van der Waals surface area contributed by atoms with Crippen LogP contribution in [0.25, 0.3) is 0 Å². The first-order valence-corrected chi connectivity index (χ1v) is 7.58. The first-order valence-electron chi connectivity index (χ1n) is 7.58. The van der Waals surface area contributed by atoms with Gasteiger partial charge >= 0.3 is 0 Å². The van der Waals surface area contributed by atoms with Gasteiger partial charge in [0.1, 0.15) is 0 Å². The van der Waals surface area contributed by atoms with Crippen molar-refractivity contribution in [2.45, 2.75) is 52.7 Å². The van der Waals surface area contributed by atoms with E-state index < -0.39 is 0 Å². The molecule has 0 saturated heterocycles. The fourth-order valence-corrected chi connectivity index (χ4v) is 3.05. The van der Waals surface area contributed by atoms with Crippen LogP contribution < -0.4 is 5.32 Å². The zero-order valence-corrected chi connectivity index (χ0v) is 12.9. The molecule has 0 aromatic heterocycles. The van der Waals surface area contributed by atoms with Gasteiger partial charge in [-0.25, -0.2) is 0 Å². The molecule has 1 N–H and O–H groups in total. The molecule has 2 nitrogen and oxygen atoms in total. The van der Waals surface area contributed by atoms with Crippen LogP contribution in [0.3, 0.4) is 0 Å². The molecule has 1 aliphatic heterocycles. The van der Waals surface area contributed by atoms with E-state index in [1.165, 1.54) is 24.0 Å². The first kappa shape index (κ1) is 14.5. The van der Waals surface area contributed by atoms with Crippen molar-refractivity contribution in [1.29, 1.82) is 0 Å². The van der Waals surface area contributed by atoms with Crippen LogP contribution in [-0.4, -0.2) is 24.5 Å². The van der Waals surface area contributed by atoms with Crippen LogP contribution in [-0.2, 0) is 19.5 Å². The van der Waals surface area contributed by atoms with Gasteiger partial charge in [-0.2, -0.15) is 0 Å². The molecule has 19 heavy (non-hydrogen) atoms. The lowest BCUT2D eigenvalue weighted by Crippen LogP contribution is -2.31. The summed E-state index contributed by atoms with van der Waals surface area (Å²) in [7, 11) is 2.26. The Hall–Kier alpha value is -0.860. The van der Waals surface area contributed by atoms with Gasteiger partial charge < -0.3 is 5.32 Å². The topological polar surface area (TPSA) is 15.3 Å². The average Bonchev–Trinajstić information content (AvgIpc) is 2.38. The number of nitrogens with zero attached hydrogens (tertiary/aromatic N) is 1. The number of rotatable bonds is 5. The summed E-state index contributed by atoms with van der Waals surface area (Å²) in [6.45, 7) is 10.2. The van der Waals surface area contributed by atoms with Gasteiger partial charge in [0.25, 0.3) is 0 Å². The highest BCUT2D eigenvalue weighted by Crippen LogP contribution is 2.21. The van der Waals surface area contributed by atoms with Gasteiger partial charge in [-0.1, -0.05) is 32.0 Å². The third kappa shape index (κ3) is 3.80. The molecule has 0 amide bonds. The maximum atomic E-state index is 3.46. The van der Waals surface area contributed by atoms with Crippen molar-refractivity contribution in [2.75, 3.05) is 13.6 Å². The maximum Gasteiger partial charge on any atom is 0.0236 e. The molecule has 1 heterocycles. The van der Waals surface area contributed by atoms with E-state index in [0.717, 1.165) is 25.6 Å². The van der Waals surface area contributed by atoms with Crippen molar-refractivity contribution < 1.29 is 0 Å². The SMILES string of the molecule is CC(C)CC(C)N(C)Cc1cccc2c1CCNC2. The Kier molecular flexibility index (Phi) is 5.00. The second-order valence-corrected chi connectivity index (χ2v) is 6.38. The molecule has 0 fully saturated rings. The summed E-state index contributed by atoms with van der Waals surface area (Å²) in [6.07, 6.45) is 2.45. The lowest BCUT2D eigenvalue weighted by molar-refractivity contribution is 0.220. The van der Waals surface area contributed by atoms with Crippen molar-refractivity contribution in [3.8, 4) is 0 Å². The Labute approximate surface area is 118 Å². The monoisotopic (exact) mass is 260 g/mol. The van der Waals surface area contributed by atoms with Gasteiger partial charge in [-0.05, 0) is 56.0 Å². The van der Waals surface area contributed by atoms with Crippen LogP contribution in [0.4, 0.5) is 0 Å². The Morgan fingerprint density at radius 3 is 2.79 bits per heavy atom. The van der Waals surface area contributed by atoms with E-state index in [9.17, 15) is 0 Å². The van der Waals surface area contributed by atoms with Gasteiger partial charge in [0.2, 0.25) is 0 Å². The quantitative estimate of drug-likeness (QED) is 0.874. The molecule has 0 radical (unpaired) electrons. The second kappa shape index (κ2) is 6.53. The highest BCUT2D eigenvalue weighted by Gasteiger charge is 2.16. The van der Waals surface area contributed by atoms with Gasteiger partial charge in [0.05, 0.1) is 0 Å². The fourth-order valence-electron chi connectivity index (χ4n) is 3.05. The van der Waals surface area contributed by atoms with Crippen molar-refractivity contribution >= 4 is 0 Å². The minimum Gasteiger partial charge on any atom is -0.312 e. The molecule has 0 aliphatic carbocycles. The van der Waals surface area contributed by atoms with E-state index in [-0.39, 0.29) is 0 Å². The second-order valence-electron chi connectivity index (χ2n) is 6.38. The van der Waals surface area contributed by atoms with Crippen molar-refractivity contribution in [1.82, 2.24) is 10.2 Å². The number of nitrogens with one attached hydrogen (secondary N) is 1. The summed E-state index contributed by atoms with van der Waals surface area (Å²) >= 11 is 0. The van der Waals surface area contributed by atoms with Gasteiger partial charge in [-0.3, -0.25) is 4.90 Å². The maximum absolute atomic E-state index is 3.46. The Morgan fingerprint density at radius 2 is 2.05 bits per heavy atom. The minimum absolute atomic E-state index is 0.651. The molecule has 2 rings (SSSR count). The summed E-state index contributed by atoms with van der Waals surface area (Å²) in [5.41, 5.74) is 4.61. The molecular weight excluding hydrogens is 232 g/mol. The van der Waals surface area contributed by atoms with Gasteiger partial charge in [0.15, 0.2) is 0 Å². The first-order chi connectivity index (χ1) is 9.08. The van der Waals surface area contributed by atoms with Crippen LogP contribution in [0, 0.1) is 5.92 Å². The zero-order valence-electron chi connectivity index (χ0n) is 12.9. The molecule has 106 valence electrons. The average molecular weight is 260 g/mol. The highest BCUT2D eigenvalue weighted by atomic mass is 15.1. The predicted octanol–water partition coefficient (Wildman–Crippen LogP) is 3.20. The lowest BCUT2D eigenvalue weighted by atomic mass is 9.94. The number of benzene rings is 1. The van der Waals surface area contributed by atoms with E-state index >= 15 is 0 Å². The van der Waals surface area contributed by atoms with Crippen LogP contribution in [0.15, 0.2) is 18.2 Å². The molecule has 0 saturated carbocycles. The summed E-state index contributed by atoms with van der Waals surface area (Å²) in [5.74, 6) is 0.770. The molecule has 0 spiro atoms.